The van der Waals surface area contributed by atoms with E-state index in [9.17, 15) is 0 Å². The van der Waals surface area contributed by atoms with Gasteiger partial charge in [0.15, 0.2) is 0 Å². The van der Waals surface area contributed by atoms with Gasteiger partial charge in [-0.15, -0.1) is 0 Å². The van der Waals surface area contributed by atoms with Crippen LogP contribution in [-0.2, 0) is 13.2 Å². The Labute approximate surface area is 65.9 Å². The Hall–Kier alpha value is -0.930. The van der Waals surface area contributed by atoms with Gasteiger partial charge in [-0.05, 0) is 18.6 Å². The summed E-state index contributed by atoms with van der Waals surface area (Å²) < 4.78 is 0. The van der Waals surface area contributed by atoms with Crippen molar-refractivity contribution in [2.75, 3.05) is 0 Å². The Morgan fingerprint density at radius 3 is 2.82 bits per heavy atom. The van der Waals surface area contributed by atoms with Crippen LogP contribution in [-0.4, -0.2) is 10.1 Å². The second-order valence-corrected chi connectivity index (χ2v) is 2.46. The number of pyridine rings is 1. The fourth-order valence-corrected chi connectivity index (χ4v) is 0.977. The average Bonchev–Trinajstić information content (AvgIpc) is 2.04. The molecule has 1 aromatic rings. The van der Waals surface area contributed by atoms with E-state index in [1.165, 1.54) is 0 Å². The lowest BCUT2D eigenvalue weighted by molar-refractivity contribution is 0.280. The molecule has 0 bridgehead atoms. The third-order valence-corrected chi connectivity index (χ3v) is 1.61. The molecule has 1 rings (SSSR count). The molecule has 3 N–H and O–H groups in total. The number of nitrogens with zero attached hydrogens (tertiary/aromatic N) is 1. The highest BCUT2D eigenvalue weighted by Crippen LogP contribution is 2.07. The van der Waals surface area contributed by atoms with E-state index >= 15 is 0 Å². The van der Waals surface area contributed by atoms with Gasteiger partial charge < -0.3 is 10.8 Å². The topological polar surface area (TPSA) is 59.1 Å². The summed E-state index contributed by atoms with van der Waals surface area (Å²) >= 11 is 0. The van der Waals surface area contributed by atoms with E-state index in [4.69, 9.17) is 10.8 Å². The molecule has 1 aromatic heterocycles. The van der Waals surface area contributed by atoms with Crippen molar-refractivity contribution in [3.05, 3.63) is 29.1 Å². The zero-order valence-electron chi connectivity index (χ0n) is 6.54. The van der Waals surface area contributed by atoms with E-state index in [1.54, 1.807) is 6.20 Å². The summed E-state index contributed by atoms with van der Waals surface area (Å²) in [6, 6.07) is 1.89. The van der Waals surface area contributed by atoms with Crippen LogP contribution in [0.25, 0.3) is 0 Å². The summed E-state index contributed by atoms with van der Waals surface area (Å²) in [6.45, 7) is 2.37. The normalized spacial score (nSPS) is 10.1. The Balaban J connectivity index is 3.06. The lowest BCUT2D eigenvalue weighted by Gasteiger charge is -2.03. The second-order valence-electron chi connectivity index (χ2n) is 2.46. The van der Waals surface area contributed by atoms with E-state index < -0.39 is 0 Å². The van der Waals surface area contributed by atoms with Crippen LogP contribution >= 0.6 is 0 Å². The van der Waals surface area contributed by atoms with E-state index in [0.717, 1.165) is 16.8 Å². The van der Waals surface area contributed by atoms with Crippen LogP contribution in [0.2, 0.25) is 0 Å². The third kappa shape index (κ3) is 1.76. The number of aliphatic hydroxyl groups excluding tert-OH is 1. The predicted octanol–water partition coefficient (Wildman–Crippen LogP) is 0.341. The van der Waals surface area contributed by atoms with Crippen molar-refractivity contribution in [3.8, 4) is 0 Å². The molecule has 0 aromatic carbocycles. The van der Waals surface area contributed by atoms with Gasteiger partial charge in [0.05, 0.1) is 6.61 Å². The summed E-state index contributed by atoms with van der Waals surface area (Å²) in [4.78, 5) is 4.04. The molecule has 0 atom stereocenters. The fraction of sp³-hybridized carbons (Fsp3) is 0.375. The summed E-state index contributed by atoms with van der Waals surface area (Å²) in [5.41, 5.74) is 8.18. The van der Waals surface area contributed by atoms with Gasteiger partial charge >= 0.3 is 0 Å². The summed E-state index contributed by atoms with van der Waals surface area (Å²) in [5.74, 6) is 0. The number of rotatable bonds is 2. The summed E-state index contributed by atoms with van der Waals surface area (Å²) in [5, 5.41) is 8.84. The van der Waals surface area contributed by atoms with Gasteiger partial charge in [0.25, 0.3) is 0 Å². The average molecular weight is 152 g/mol. The van der Waals surface area contributed by atoms with Gasteiger partial charge in [0.1, 0.15) is 0 Å². The third-order valence-electron chi connectivity index (χ3n) is 1.61. The molecule has 1 heterocycles. The largest absolute Gasteiger partial charge is 0.392 e. The van der Waals surface area contributed by atoms with Crippen LogP contribution in [0.4, 0.5) is 0 Å². The van der Waals surface area contributed by atoms with E-state index in [-0.39, 0.29) is 6.61 Å². The number of hydrogen-bond acceptors (Lipinski definition) is 3. The quantitative estimate of drug-likeness (QED) is 0.642. The van der Waals surface area contributed by atoms with Crippen LogP contribution in [0.15, 0.2) is 12.3 Å². The molecule has 3 nitrogen and oxygen atoms in total. The maximum absolute atomic E-state index is 8.84. The molecule has 0 aliphatic heterocycles. The van der Waals surface area contributed by atoms with Crippen molar-refractivity contribution in [1.29, 1.82) is 0 Å². The molecular weight excluding hydrogens is 140 g/mol. The molecular formula is C8H12N2O. The molecule has 11 heavy (non-hydrogen) atoms. The highest BCUT2D eigenvalue weighted by atomic mass is 16.3. The van der Waals surface area contributed by atoms with Crippen molar-refractivity contribution in [2.24, 2.45) is 5.73 Å². The van der Waals surface area contributed by atoms with Crippen LogP contribution < -0.4 is 5.73 Å². The smallest absolute Gasteiger partial charge is 0.0700 e. The van der Waals surface area contributed by atoms with Crippen molar-refractivity contribution in [2.45, 2.75) is 20.1 Å². The number of aromatic nitrogens is 1. The minimum absolute atomic E-state index is 0.0137. The molecule has 60 valence electrons. The zero-order chi connectivity index (χ0) is 8.27. The van der Waals surface area contributed by atoms with Crippen LogP contribution in [0.3, 0.4) is 0 Å². The standard InChI is InChI=1S/C8H12N2O/c1-6-2-7(3-9)8(5-11)4-10-6/h2,4,11H,3,5,9H2,1H3. The van der Waals surface area contributed by atoms with Crippen LogP contribution in [0.5, 0.6) is 0 Å². The van der Waals surface area contributed by atoms with E-state index in [1.807, 2.05) is 13.0 Å². The predicted molar refractivity (Wildman–Crippen MR) is 42.8 cm³/mol. The molecule has 0 aliphatic carbocycles. The minimum atomic E-state index is 0.0137. The Bertz CT molecular complexity index is 248. The molecule has 0 saturated heterocycles. The van der Waals surface area contributed by atoms with Crippen molar-refractivity contribution in [1.82, 2.24) is 4.98 Å². The highest BCUT2D eigenvalue weighted by molar-refractivity contribution is 5.25. The maximum Gasteiger partial charge on any atom is 0.0700 e. The molecule has 0 fully saturated rings. The molecule has 0 unspecified atom stereocenters. The van der Waals surface area contributed by atoms with Gasteiger partial charge in [0, 0.05) is 24.0 Å². The van der Waals surface area contributed by atoms with Crippen molar-refractivity contribution in [3.63, 3.8) is 0 Å². The van der Waals surface area contributed by atoms with Crippen LogP contribution in [0, 0.1) is 6.92 Å². The van der Waals surface area contributed by atoms with Gasteiger partial charge in [0.2, 0.25) is 0 Å². The first kappa shape index (κ1) is 8.17. The Morgan fingerprint density at radius 2 is 2.27 bits per heavy atom. The lowest BCUT2D eigenvalue weighted by Crippen LogP contribution is -2.03. The van der Waals surface area contributed by atoms with Crippen LogP contribution in [0.1, 0.15) is 16.8 Å². The molecule has 0 saturated carbocycles. The first-order valence-corrected chi connectivity index (χ1v) is 3.53. The molecule has 3 heteroatoms. The summed E-state index contributed by atoms with van der Waals surface area (Å²) in [6.07, 6.45) is 1.66. The first-order chi connectivity index (χ1) is 5.27. The highest BCUT2D eigenvalue weighted by Gasteiger charge is 1.99. The number of aliphatic hydroxyl groups is 1. The Kier molecular flexibility index (Phi) is 2.57. The number of hydrogen-bond donors (Lipinski definition) is 2. The van der Waals surface area contributed by atoms with Crippen molar-refractivity contribution < 1.29 is 5.11 Å². The summed E-state index contributed by atoms with van der Waals surface area (Å²) in [7, 11) is 0. The Morgan fingerprint density at radius 1 is 1.55 bits per heavy atom. The van der Waals surface area contributed by atoms with Gasteiger partial charge in [-0.1, -0.05) is 0 Å². The second kappa shape index (κ2) is 3.46. The van der Waals surface area contributed by atoms with Gasteiger partial charge in [-0.2, -0.15) is 0 Å². The molecule has 0 aliphatic rings. The van der Waals surface area contributed by atoms with Gasteiger partial charge in [-0.3, -0.25) is 4.98 Å². The number of nitrogens with two attached hydrogens (primary N) is 1. The van der Waals surface area contributed by atoms with Gasteiger partial charge in [-0.25, -0.2) is 0 Å². The maximum atomic E-state index is 8.84. The lowest BCUT2D eigenvalue weighted by atomic mass is 10.1. The van der Waals surface area contributed by atoms with E-state index in [2.05, 4.69) is 4.98 Å². The minimum Gasteiger partial charge on any atom is -0.392 e. The fourth-order valence-electron chi connectivity index (χ4n) is 0.977. The van der Waals surface area contributed by atoms with E-state index in [0.29, 0.717) is 6.54 Å². The zero-order valence-corrected chi connectivity index (χ0v) is 6.54. The van der Waals surface area contributed by atoms with Crippen molar-refractivity contribution >= 4 is 0 Å². The number of aryl methyl sites for hydroxylation is 1. The molecule has 0 spiro atoms. The molecule has 0 amide bonds. The molecule has 0 radical (unpaired) electrons. The SMILES string of the molecule is Cc1cc(CN)c(CO)cn1. The monoisotopic (exact) mass is 152 g/mol. The first-order valence-electron chi connectivity index (χ1n) is 3.53.